The fourth-order valence-electron chi connectivity index (χ4n) is 11.5. The van der Waals surface area contributed by atoms with E-state index in [0.29, 0.717) is 48.4 Å². The third kappa shape index (κ3) is 11.7. The number of carbonyl (C=O) groups excluding carboxylic acids is 3. The SMILES string of the molecule is C#Cc1c(F)ccc2cccc(-c3ncc4c(N5CCCC(C)C5)nc(OCC5(CN6CCC(CN7CCN(c8cccc(C)c8N(C)C(=O)C(C)CC)CC7)CC6)CC5)nc4c3P)c12.CC1CCC(=O)NC1=O. The average Bonchev–Trinajstić information content (AvgIpc) is 4.18. The Balaban J connectivity index is 0.000000676. The number of amides is 3. The van der Waals surface area contributed by atoms with Crippen LogP contribution in [0.1, 0.15) is 96.6 Å². The summed E-state index contributed by atoms with van der Waals surface area (Å²) in [5, 5.41) is 5.48. The number of fused-ring (bicyclic) bond motifs is 2. The second-order valence-electron chi connectivity index (χ2n) is 22.1. The molecular weight excluding hydrogens is 949 g/mol. The molecule has 5 aliphatic rings. The van der Waals surface area contributed by atoms with E-state index in [-0.39, 0.29) is 40.5 Å². The number of ether oxygens (including phenoxy) is 1. The first-order valence-corrected chi connectivity index (χ1v) is 27.7. The number of piperidine rings is 3. The molecule has 13 nitrogen and oxygen atoms in total. The number of terminal acetylenes is 1. The van der Waals surface area contributed by atoms with Crippen LogP contribution >= 0.6 is 9.24 Å². The molecule has 5 fully saturated rings. The number of nitrogens with zero attached hydrogens (tertiary/aromatic N) is 8. The standard InChI is InChI=1S/C53H66FN8O2P.C6H9NO2/c1-7-36(4)51(63)58(6)48-37(5)13-9-16-44(48)61-28-26-59(27-29-61)32-38-19-24-60(25-20-38)33-53(21-22-53)34-64-52-56-47-42(50(57-52)62-23-11-12-35(3)31-62)30-55-46(49(47)65)41-15-10-14-39-17-18-43(54)40(8-2)45(39)41;1-4-2-3-5(8)7-6(4)9/h2,9-10,13-18,30,35-36,38H,7,11-12,19-29,31-34,65H2,1,3-6H3;4H,2-3H2,1H3,(H,7,8,9). The molecule has 0 spiro atoms. The van der Waals surface area contributed by atoms with E-state index in [4.69, 9.17) is 26.1 Å². The van der Waals surface area contributed by atoms with Crippen LogP contribution in [0.2, 0.25) is 0 Å². The first-order valence-electron chi connectivity index (χ1n) is 27.1. The van der Waals surface area contributed by atoms with Crippen LogP contribution in [-0.2, 0) is 14.4 Å². The molecule has 15 heteroatoms. The summed E-state index contributed by atoms with van der Waals surface area (Å²) in [4.78, 5) is 61.7. The minimum absolute atomic E-state index is 0.00537. The predicted octanol–water partition coefficient (Wildman–Crippen LogP) is 8.77. The number of nitrogens with one attached hydrogen (secondary N) is 1. The zero-order valence-corrected chi connectivity index (χ0v) is 45.5. The van der Waals surface area contributed by atoms with E-state index in [2.05, 4.69) is 79.0 Å². The Morgan fingerprint density at radius 1 is 0.973 bits per heavy atom. The van der Waals surface area contributed by atoms with Gasteiger partial charge in [-0.15, -0.1) is 15.7 Å². The first-order chi connectivity index (χ1) is 35.6. The van der Waals surface area contributed by atoms with E-state index >= 15 is 4.39 Å². The molecule has 4 unspecified atom stereocenters. The first kappa shape index (κ1) is 53.1. The Kier molecular flexibility index (Phi) is 16.5. The van der Waals surface area contributed by atoms with Gasteiger partial charge in [0.05, 0.1) is 40.1 Å². The maximum Gasteiger partial charge on any atom is 0.318 e. The summed E-state index contributed by atoms with van der Waals surface area (Å²) in [5.41, 5.74) is 5.95. The molecule has 1 saturated carbocycles. The van der Waals surface area contributed by atoms with Gasteiger partial charge in [0.15, 0.2) is 0 Å². The minimum atomic E-state index is -0.420. The summed E-state index contributed by atoms with van der Waals surface area (Å²) in [5.74, 6) is 4.22. The predicted molar refractivity (Wildman–Crippen MR) is 299 cm³/mol. The Hall–Kier alpha value is -5.74. The lowest BCUT2D eigenvalue weighted by atomic mass is 9.94. The average molecular weight is 1020 g/mol. The van der Waals surface area contributed by atoms with Crippen molar-refractivity contribution in [3.8, 4) is 29.6 Å². The second kappa shape index (κ2) is 23.0. The molecule has 6 heterocycles. The van der Waals surface area contributed by atoms with Gasteiger partial charge >= 0.3 is 6.01 Å². The number of hydrogen-bond acceptors (Lipinski definition) is 11. The molecule has 4 atom stereocenters. The van der Waals surface area contributed by atoms with Crippen LogP contribution in [-0.4, -0.2) is 122 Å². The molecule has 74 heavy (non-hydrogen) atoms. The van der Waals surface area contributed by atoms with Gasteiger partial charge in [-0.2, -0.15) is 9.97 Å². The number of carbonyl (C=O) groups is 3. The Labute approximate surface area is 439 Å². The van der Waals surface area contributed by atoms with Crippen molar-refractivity contribution in [2.24, 2.45) is 29.1 Å². The number of aromatic nitrogens is 3. The molecule has 5 aromatic rings. The fourth-order valence-corrected chi connectivity index (χ4v) is 11.9. The van der Waals surface area contributed by atoms with Gasteiger partial charge in [-0.05, 0) is 106 Å². The highest BCUT2D eigenvalue weighted by atomic mass is 31.0. The highest BCUT2D eigenvalue weighted by molar-refractivity contribution is 7.28. The number of piperazine rings is 1. The molecule has 0 radical (unpaired) electrons. The number of aryl methyl sites for hydroxylation is 1. The molecule has 2 aromatic heterocycles. The molecule has 1 aliphatic carbocycles. The maximum atomic E-state index is 15.1. The van der Waals surface area contributed by atoms with E-state index in [1.165, 1.54) is 31.0 Å². The fraction of sp³-hybridized carbons (Fsp3) is 0.525. The lowest BCUT2D eigenvalue weighted by molar-refractivity contribution is -0.135. The van der Waals surface area contributed by atoms with Gasteiger partial charge in [0.2, 0.25) is 17.7 Å². The van der Waals surface area contributed by atoms with Crippen molar-refractivity contribution in [1.82, 2.24) is 30.1 Å². The molecule has 1 N–H and O–H groups in total. The summed E-state index contributed by atoms with van der Waals surface area (Å²) < 4.78 is 21.7. The summed E-state index contributed by atoms with van der Waals surface area (Å²) in [6, 6.07) is 15.9. The highest BCUT2D eigenvalue weighted by Crippen LogP contribution is 2.47. The highest BCUT2D eigenvalue weighted by Gasteiger charge is 2.45. The summed E-state index contributed by atoms with van der Waals surface area (Å²) >= 11 is 0. The number of likely N-dealkylation sites (tertiary alicyclic amines) is 1. The van der Waals surface area contributed by atoms with E-state index < -0.39 is 5.82 Å². The van der Waals surface area contributed by atoms with Crippen molar-refractivity contribution >= 4 is 71.1 Å². The Morgan fingerprint density at radius 2 is 1.73 bits per heavy atom. The van der Waals surface area contributed by atoms with Crippen LogP contribution in [0.4, 0.5) is 21.6 Å². The number of benzene rings is 3. The van der Waals surface area contributed by atoms with Gasteiger partial charge in [0, 0.05) is 106 Å². The number of imide groups is 1. The second-order valence-corrected chi connectivity index (χ2v) is 22.7. The number of pyridine rings is 1. The molecule has 4 aliphatic heterocycles. The summed E-state index contributed by atoms with van der Waals surface area (Å²) in [6.45, 7) is 21.2. The van der Waals surface area contributed by atoms with Crippen molar-refractivity contribution in [1.29, 1.82) is 0 Å². The lowest BCUT2D eigenvalue weighted by Gasteiger charge is -2.41. The van der Waals surface area contributed by atoms with Crippen LogP contribution in [0.15, 0.2) is 54.7 Å². The number of para-hydroxylation sites is 1. The number of hydrogen-bond donors (Lipinski definition) is 1. The Bertz CT molecular complexity index is 2930. The third-order valence-electron chi connectivity index (χ3n) is 16.5. The van der Waals surface area contributed by atoms with Crippen LogP contribution in [0, 0.1) is 54.2 Å². The number of anilines is 3. The lowest BCUT2D eigenvalue weighted by Crippen LogP contribution is -2.49. The van der Waals surface area contributed by atoms with Gasteiger partial charge in [0.25, 0.3) is 0 Å². The monoisotopic (exact) mass is 1020 g/mol. The quantitative estimate of drug-likeness (QED) is 0.0691. The molecular formula is C59H75FN9O4P. The topological polar surface area (TPSA) is 127 Å². The van der Waals surface area contributed by atoms with Crippen molar-refractivity contribution < 1.29 is 23.5 Å². The third-order valence-corrected chi connectivity index (χ3v) is 17.0. The Morgan fingerprint density at radius 3 is 2.42 bits per heavy atom. The molecule has 3 aromatic carbocycles. The molecule has 0 bridgehead atoms. The van der Waals surface area contributed by atoms with Crippen LogP contribution in [0.25, 0.3) is 32.9 Å². The minimum Gasteiger partial charge on any atom is -0.463 e. The van der Waals surface area contributed by atoms with Crippen LogP contribution in [0.3, 0.4) is 0 Å². The van der Waals surface area contributed by atoms with E-state index in [0.717, 1.165) is 135 Å². The molecule has 10 rings (SSSR count). The largest absolute Gasteiger partial charge is 0.463 e. The van der Waals surface area contributed by atoms with Gasteiger partial charge in [-0.3, -0.25) is 29.6 Å². The van der Waals surface area contributed by atoms with Gasteiger partial charge < -0.3 is 24.3 Å². The smallest absolute Gasteiger partial charge is 0.318 e. The summed E-state index contributed by atoms with van der Waals surface area (Å²) in [7, 11) is 4.82. The number of rotatable bonds is 13. The summed E-state index contributed by atoms with van der Waals surface area (Å²) in [6.07, 6.45) is 16.8. The molecule has 3 amide bonds. The van der Waals surface area contributed by atoms with Crippen molar-refractivity contribution in [3.63, 3.8) is 0 Å². The number of halogens is 1. The zero-order valence-electron chi connectivity index (χ0n) is 44.4. The van der Waals surface area contributed by atoms with Crippen molar-refractivity contribution in [2.45, 2.75) is 92.4 Å². The van der Waals surface area contributed by atoms with E-state index in [1.807, 2.05) is 50.2 Å². The normalized spacial score (nSPS) is 20.9. The maximum absolute atomic E-state index is 15.1. The van der Waals surface area contributed by atoms with Crippen LogP contribution < -0.4 is 30.1 Å². The van der Waals surface area contributed by atoms with Gasteiger partial charge in [-0.1, -0.05) is 70.0 Å². The zero-order chi connectivity index (χ0) is 52.3. The van der Waals surface area contributed by atoms with E-state index in [9.17, 15) is 14.4 Å². The van der Waals surface area contributed by atoms with Crippen molar-refractivity contribution in [3.05, 3.63) is 71.7 Å². The van der Waals surface area contributed by atoms with Gasteiger partial charge in [0.1, 0.15) is 11.6 Å². The molecule has 392 valence electrons. The van der Waals surface area contributed by atoms with E-state index in [1.54, 1.807) is 6.07 Å². The molecule has 4 saturated heterocycles. The van der Waals surface area contributed by atoms with Gasteiger partial charge in [-0.25, -0.2) is 4.39 Å². The van der Waals surface area contributed by atoms with Crippen molar-refractivity contribution in [2.75, 3.05) is 93.8 Å². The van der Waals surface area contributed by atoms with Crippen LogP contribution in [0.5, 0.6) is 6.01 Å².